The number of ether oxygens (including phenoxy) is 1. The lowest BCUT2D eigenvalue weighted by Gasteiger charge is -2.25. The van der Waals surface area contributed by atoms with Crippen LogP contribution in [0.2, 0.25) is 0 Å². The first-order valence-corrected chi connectivity index (χ1v) is 13.5. The molecule has 0 saturated carbocycles. The Kier molecular flexibility index (Phi) is 8.65. The molecule has 0 radical (unpaired) electrons. The molecule has 0 fully saturated rings. The van der Waals surface area contributed by atoms with Gasteiger partial charge in [0.2, 0.25) is 10.0 Å². The Morgan fingerprint density at radius 3 is 2.31 bits per heavy atom. The molecular formula is C21H29N3O6S2. The van der Waals surface area contributed by atoms with Crippen molar-refractivity contribution in [2.75, 3.05) is 41.3 Å². The lowest BCUT2D eigenvalue weighted by Crippen LogP contribution is -2.31. The van der Waals surface area contributed by atoms with Crippen molar-refractivity contribution in [2.24, 2.45) is 5.73 Å². The van der Waals surface area contributed by atoms with Crippen LogP contribution < -0.4 is 15.4 Å². The number of nitrogens with one attached hydrogen (secondary N) is 1. The van der Waals surface area contributed by atoms with Gasteiger partial charge in [-0.05, 0) is 62.2 Å². The van der Waals surface area contributed by atoms with E-state index in [-0.39, 0.29) is 23.8 Å². The number of carbonyl (C=O) groups is 1. The molecule has 2 aromatic rings. The van der Waals surface area contributed by atoms with Crippen molar-refractivity contribution in [1.82, 2.24) is 0 Å². The van der Waals surface area contributed by atoms with Gasteiger partial charge in [-0.1, -0.05) is 18.2 Å². The highest BCUT2D eigenvalue weighted by molar-refractivity contribution is 7.92. The monoisotopic (exact) mass is 483 g/mol. The number of rotatable bonds is 10. The predicted octanol–water partition coefficient (Wildman–Crippen LogP) is 2.30. The van der Waals surface area contributed by atoms with Crippen LogP contribution in [0, 0.1) is 6.92 Å². The lowest BCUT2D eigenvalue weighted by atomic mass is 10.0. The van der Waals surface area contributed by atoms with E-state index in [1.165, 1.54) is 16.4 Å². The summed E-state index contributed by atoms with van der Waals surface area (Å²) in [5.41, 5.74) is 8.01. The minimum atomic E-state index is -3.56. The Bertz CT molecular complexity index is 1150. The second-order valence-corrected chi connectivity index (χ2v) is 11.1. The normalized spacial score (nSPS) is 11.8. The van der Waals surface area contributed by atoms with Crippen molar-refractivity contribution in [2.45, 2.75) is 25.2 Å². The molecule has 0 aliphatic rings. The average molecular weight is 484 g/mol. The number of hydrogen-bond acceptors (Lipinski definition) is 7. The van der Waals surface area contributed by atoms with E-state index >= 15 is 0 Å². The maximum Gasteiger partial charge on any atom is 0.411 e. The van der Waals surface area contributed by atoms with Gasteiger partial charge in [-0.25, -0.2) is 21.6 Å². The molecule has 176 valence electrons. The number of nitrogens with two attached hydrogens (primary N) is 1. The summed E-state index contributed by atoms with van der Waals surface area (Å²) in [6.45, 7) is 3.71. The fraction of sp³-hybridized carbons (Fsp3) is 0.381. The van der Waals surface area contributed by atoms with Crippen molar-refractivity contribution in [3.05, 3.63) is 53.6 Å². The second-order valence-electron chi connectivity index (χ2n) is 7.10. The van der Waals surface area contributed by atoms with Crippen LogP contribution in [0.15, 0.2) is 47.4 Å². The maximum absolute atomic E-state index is 12.3. The molecule has 0 aromatic heterocycles. The van der Waals surface area contributed by atoms with Crippen molar-refractivity contribution < 1.29 is 26.4 Å². The summed E-state index contributed by atoms with van der Waals surface area (Å²) in [5, 5.41) is 2.59. The Hall–Kier alpha value is -2.63. The third-order valence-corrected chi connectivity index (χ3v) is 7.80. The van der Waals surface area contributed by atoms with Gasteiger partial charge >= 0.3 is 6.09 Å². The molecule has 2 rings (SSSR count). The highest BCUT2D eigenvalue weighted by Gasteiger charge is 2.21. The third kappa shape index (κ3) is 6.44. The Morgan fingerprint density at radius 2 is 1.75 bits per heavy atom. The van der Waals surface area contributed by atoms with Gasteiger partial charge in [0.1, 0.15) is 6.61 Å². The smallest absolute Gasteiger partial charge is 0.411 e. The van der Waals surface area contributed by atoms with Crippen LogP contribution in [0.3, 0.4) is 0 Å². The fourth-order valence-electron chi connectivity index (χ4n) is 3.29. The van der Waals surface area contributed by atoms with E-state index in [0.29, 0.717) is 35.5 Å². The number of anilines is 2. The highest BCUT2D eigenvalue weighted by Crippen LogP contribution is 2.31. The largest absolute Gasteiger partial charge is 0.448 e. The fourth-order valence-corrected chi connectivity index (χ4v) is 5.40. The molecule has 0 saturated heterocycles. The first-order chi connectivity index (χ1) is 15.0. The lowest BCUT2D eigenvalue weighted by molar-refractivity contribution is 0.168. The van der Waals surface area contributed by atoms with E-state index in [0.717, 1.165) is 6.26 Å². The quantitative estimate of drug-likeness (QED) is 0.529. The van der Waals surface area contributed by atoms with Gasteiger partial charge in [-0.3, -0.25) is 9.62 Å². The van der Waals surface area contributed by atoms with Gasteiger partial charge in [-0.15, -0.1) is 0 Å². The molecule has 32 heavy (non-hydrogen) atoms. The number of sulfone groups is 1. The first kappa shape index (κ1) is 25.6. The van der Waals surface area contributed by atoms with Gasteiger partial charge in [0, 0.05) is 12.2 Å². The van der Waals surface area contributed by atoms with Crippen LogP contribution >= 0.6 is 0 Å². The van der Waals surface area contributed by atoms with Crippen LogP contribution in [0.1, 0.15) is 18.1 Å². The summed E-state index contributed by atoms with van der Waals surface area (Å²) < 4.78 is 55.2. The number of carbonyl (C=O) groups excluding carboxylic acids is 1. The summed E-state index contributed by atoms with van der Waals surface area (Å²) in [4.78, 5) is 12.4. The number of hydrogen-bond donors (Lipinski definition) is 2. The number of sulfonamides is 1. The van der Waals surface area contributed by atoms with Gasteiger partial charge < -0.3 is 10.5 Å². The number of benzene rings is 2. The molecule has 9 nitrogen and oxygen atoms in total. The molecule has 0 heterocycles. The SMILES string of the molecule is CCN(c1ccc(NC(=O)OCCS(=O)(=O)c2ccccc2)c(C)c1CCN)S(C)(=O)=O. The van der Waals surface area contributed by atoms with E-state index < -0.39 is 26.0 Å². The van der Waals surface area contributed by atoms with Gasteiger partial charge in [0.25, 0.3) is 0 Å². The van der Waals surface area contributed by atoms with Crippen molar-refractivity contribution >= 4 is 37.3 Å². The van der Waals surface area contributed by atoms with Gasteiger partial charge in [0.05, 0.1) is 22.6 Å². The molecule has 0 aliphatic heterocycles. The number of nitrogens with zero attached hydrogens (tertiary/aromatic N) is 1. The van der Waals surface area contributed by atoms with Crippen LogP contribution in [0.4, 0.5) is 16.2 Å². The standard InChI is InChI=1S/C21H29N3O6S2/c1-4-24(31(3,26)27)20-11-10-19(16(2)18(20)12-13-22)23-21(25)30-14-15-32(28,29)17-8-6-5-7-9-17/h5-11H,4,12-15,22H2,1-3H3,(H,23,25). The van der Waals surface area contributed by atoms with Crippen LogP contribution in [0.5, 0.6) is 0 Å². The van der Waals surface area contributed by atoms with Gasteiger partial charge in [-0.2, -0.15) is 0 Å². The van der Waals surface area contributed by atoms with Crippen molar-refractivity contribution in [3.63, 3.8) is 0 Å². The molecular weight excluding hydrogens is 454 g/mol. The zero-order valence-electron chi connectivity index (χ0n) is 18.4. The van der Waals surface area contributed by atoms with Crippen molar-refractivity contribution in [3.8, 4) is 0 Å². The molecule has 0 bridgehead atoms. The van der Waals surface area contributed by atoms with Crippen LogP contribution in [0.25, 0.3) is 0 Å². The average Bonchev–Trinajstić information content (AvgIpc) is 2.72. The second kappa shape index (κ2) is 10.8. The maximum atomic E-state index is 12.3. The van der Waals surface area contributed by atoms with Gasteiger partial charge in [0.15, 0.2) is 9.84 Å². The molecule has 0 unspecified atom stereocenters. The number of amides is 1. The Balaban J connectivity index is 2.13. The first-order valence-electron chi connectivity index (χ1n) is 10.0. The summed E-state index contributed by atoms with van der Waals surface area (Å²) in [6.07, 6.45) is 0.733. The Labute approximate surface area is 189 Å². The molecule has 0 spiro atoms. The Morgan fingerprint density at radius 1 is 1.09 bits per heavy atom. The zero-order chi connectivity index (χ0) is 23.9. The molecule has 0 aliphatic carbocycles. The van der Waals surface area contributed by atoms with E-state index in [4.69, 9.17) is 10.5 Å². The van der Waals surface area contributed by atoms with Crippen LogP contribution in [-0.2, 0) is 31.0 Å². The third-order valence-electron chi connectivity index (χ3n) is 4.85. The highest BCUT2D eigenvalue weighted by atomic mass is 32.2. The summed E-state index contributed by atoms with van der Waals surface area (Å²) in [5.74, 6) is -0.347. The summed E-state index contributed by atoms with van der Waals surface area (Å²) in [7, 11) is -7.05. The summed E-state index contributed by atoms with van der Waals surface area (Å²) in [6, 6.07) is 11.1. The predicted molar refractivity (Wildman–Crippen MR) is 125 cm³/mol. The van der Waals surface area contributed by atoms with E-state index in [1.807, 2.05) is 0 Å². The van der Waals surface area contributed by atoms with E-state index in [2.05, 4.69) is 5.32 Å². The van der Waals surface area contributed by atoms with E-state index in [1.54, 1.807) is 44.2 Å². The molecule has 1 amide bonds. The van der Waals surface area contributed by atoms with E-state index in [9.17, 15) is 21.6 Å². The minimum Gasteiger partial charge on any atom is -0.448 e. The topological polar surface area (TPSA) is 136 Å². The molecule has 3 N–H and O–H groups in total. The molecule has 11 heteroatoms. The van der Waals surface area contributed by atoms with Crippen molar-refractivity contribution in [1.29, 1.82) is 0 Å². The van der Waals surface area contributed by atoms with Crippen LogP contribution in [-0.4, -0.2) is 54.6 Å². The molecule has 0 atom stereocenters. The minimum absolute atomic E-state index is 0.160. The zero-order valence-corrected chi connectivity index (χ0v) is 20.0. The summed E-state index contributed by atoms with van der Waals surface area (Å²) >= 11 is 0. The molecule has 2 aromatic carbocycles.